The van der Waals surface area contributed by atoms with Gasteiger partial charge in [-0.15, -0.1) is 11.3 Å². The van der Waals surface area contributed by atoms with Crippen molar-refractivity contribution in [3.8, 4) is 0 Å². The summed E-state index contributed by atoms with van der Waals surface area (Å²) < 4.78 is 13.5. The van der Waals surface area contributed by atoms with Crippen LogP contribution in [0.2, 0.25) is 5.02 Å². The van der Waals surface area contributed by atoms with Crippen LogP contribution in [-0.4, -0.2) is 17.6 Å². The molecule has 0 radical (unpaired) electrons. The first-order valence-electron chi connectivity index (χ1n) is 7.16. The normalized spacial score (nSPS) is 12.6. The average Bonchev–Trinajstić information content (AvgIpc) is 2.85. The first-order chi connectivity index (χ1) is 10.1. The lowest BCUT2D eigenvalue weighted by molar-refractivity contribution is 0.502. The number of hydrogen-bond acceptors (Lipinski definition) is 3. The summed E-state index contributed by atoms with van der Waals surface area (Å²) in [5.41, 5.74) is 2.01. The molecule has 0 saturated carbocycles. The van der Waals surface area contributed by atoms with Gasteiger partial charge in [0.1, 0.15) is 5.82 Å². The van der Waals surface area contributed by atoms with E-state index in [2.05, 4.69) is 22.6 Å². The number of aromatic nitrogens is 1. The van der Waals surface area contributed by atoms with Gasteiger partial charge in [-0.3, -0.25) is 0 Å². The van der Waals surface area contributed by atoms with Crippen LogP contribution in [0.25, 0.3) is 0 Å². The van der Waals surface area contributed by atoms with Gasteiger partial charge in [0.05, 0.1) is 10.0 Å². The Kier molecular flexibility index (Phi) is 6.15. The molecule has 1 atom stereocenters. The van der Waals surface area contributed by atoms with Crippen LogP contribution in [0.15, 0.2) is 23.6 Å². The zero-order chi connectivity index (χ0) is 15.2. The molecule has 0 bridgehead atoms. The minimum absolute atomic E-state index is 0.173. The van der Waals surface area contributed by atoms with Crippen molar-refractivity contribution in [2.24, 2.45) is 0 Å². The molecule has 0 aliphatic heterocycles. The first kappa shape index (κ1) is 16.4. The maximum Gasteiger partial charge on any atom is 0.142 e. The molecule has 2 aromatic rings. The van der Waals surface area contributed by atoms with E-state index in [1.165, 1.54) is 6.07 Å². The van der Waals surface area contributed by atoms with Crippen molar-refractivity contribution in [3.63, 3.8) is 0 Å². The molecule has 114 valence electrons. The molecule has 2 nitrogen and oxygen atoms in total. The van der Waals surface area contributed by atoms with E-state index in [0.717, 1.165) is 42.1 Å². The molecule has 1 heterocycles. The van der Waals surface area contributed by atoms with Crippen molar-refractivity contribution in [2.75, 3.05) is 6.54 Å². The van der Waals surface area contributed by atoms with E-state index in [9.17, 15) is 4.39 Å². The maximum atomic E-state index is 13.5. The van der Waals surface area contributed by atoms with E-state index < -0.39 is 0 Å². The molecular weight excluding hydrogens is 307 g/mol. The highest BCUT2D eigenvalue weighted by atomic mass is 35.5. The molecule has 21 heavy (non-hydrogen) atoms. The van der Waals surface area contributed by atoms with Crippen LogP contribution in [0.1, 0.15) is 29.6 Å². The minimum atomic E-state index is -0.353. The van der Waals surface area contributed by atoms with Crippen LogP contribution in [0.4, 0.5) is 4.39 Å². The standard InChI is InChI=1S/C16H20ClFN2S/c1-3-6-19-13(9-16-20-11(2)10-21-16)7-12-4-5-14(17)15(18)8-12/h4-5,8,10,13,19H,3,6-7,9H2,1-2H3. The van der Waals surface area contributed by atoms with Crippen LogP contribution < -0.4 is 5.32 Å². The number of nitrogens with zero attached hydrogens (tertiary/aromatic N) is 1. The van der Waals surface area contributed by atoms with Gasteiger partial charge in [0.25, 0.3) is 0 Å². The highest BCUT2D eigenvalue weighted by Crippen LogP contribution is 2.18. The molecule has 0 spiro atoms. The van der Waals surface area contributed by atoms with Gasteiger partial charge in [0, 0.05) is 23.5 Å². The van der Waals surface area contributed by atoms with Crippen molar-refractivity contribution in [1.82, 2.24) is 10.3 Å². The fraction of sp³-hybridized carbons (Fsp3) is 0.438. The minimum Gasteiger partial charge on any atom is -0.313 e. The predicted molar refractivity (Wildman–Crippen MR) is 87.8 cm³/mol. The summed E-state index contributed by atoms with van der Waals surface area (Å²) in [5, 5.41) is 6.88. The highest BCUT2D eigenvalue weighted by Gasteiger charge is 2.13. The summed E-state index contributed by atoms with van der Waals surface area (Å²) >= 11 is 7.42. The topological polar surface area (TPSA) is 24.9 Å². The highest BCUT2D eigenvalue weighted by molar-refractivity contribution is 7.09. The van der Waals surface area contributed by atoms with Crippen molar-refractivity contribution < 1.29 is 4.39 Å². The predicted octanol–water partition coefficient (Wildman–Crippen LogP) is 4.40. The van der Waals surface area contributed by atoms with E-state index in [0.29, 0.717) is 0 Å². The molecule has 0 amide bonds. The van der Waals surface area contributed by atoms with Crippen LogP contribution in [0.3, 0.4) is 0 Å². The zero-order valence-electron chi connectivity index (χ0n) is 12.3. The van der Waals surface area contributed by atoms with Crippen molar-refractivity contribution in [2.45, 2.75) is 39.2 Å². The molecule has 1 aromatic heterocycles. The van der Waals surface area contributed by atoms with Gasteiger partial charge < -0.3 is 5.32 Å². The van der Waals surface area contributed by atoms with Crippen LogP contribution >= 0.6 is 22.9 Å². The summed E-state index contributed by atoms with van der Waals surface area (Å²) in [4.78, 5) is 4.52. The number of benzene rings is 1. The Bertz CT molecular complexity index is 585. The molecule has 1 N–H and O–H groups in total. The van der Waals surface area contributed by atoms with Gasteiger partial charge >= 0.3 is 0 Å². The third kappa shape index (κ3) is 5.06. The molecule has 1 aromatic carbocycles. The lowest BCUT2D eigenvalue weighted by Crippen LogP contribution is -2.33. The fourth-order valence-corrected chi connectivity index (χ4v) is 3.19. The molecule has 1 unspecified atom stereocenters. The molecule has 2 rings (SSSR count). The number of nitrogens with one attached hydrogen (secondary N) is 1. The van der Waals surface area contributed by atoms with Gasteiger partial charge in [0.2, 0.25) is 0 Å². The van der Waals surface area contributed by atoms with Crippen LogP contribution in [0.5, 0.6) is 0 Å². The van der Waals surface area contributed by atoms with Gasteiger partial charge in [-0.1, -0.05) is 24.6 Å². The molecule has 5 heteroatoms. The largest absolute Gasteiger partial charge is 0.313 e. The second kappa shape index (κ2) is 7.87. The van der Waals surface area contributed by atoms with E-state index in [1.54, 1.807) is 17.4 Å². The van der Waals surface area contributed by atoms with Gasteiger partial charge in [-0.05, 0) is 44.0 Å². The third-order valence-corrected chi connectivity index (χ3v) is 4.53. The van der Waals surface area contributed by atoms with Crippen molar-refractivity contribution in [1.29, 1.82) is 0 Å². The number of rotatable bonds is 7. The lowest BCUT2D eigenvalue weighted by atomic mass is 10.0. The maximum absolute atomic E-state index is 13.5. The Morgan fingerprint density at radius 3 is 2.81 bits per heavy atom. The van der Waals surface area contributed by atoms with E-state index in [1.807, 2.05) is 13.0 Å². The number of halogens is 2. The molecular formula is C16H20ClFN2S. The smallest absolute Gasteiger partial charge is 0.142 e. The Hall–Kier alpha value is -0.970. The van der Waals surface area contributed by atoms with Gasteiger partial charge in [0.15, 0.2) is 0 Å². The van der Waals surface area contributed by atoms with E-state index in [4.69, 9.17) is 11.6 Å². The SMILES string of the molecule is CCCNC(Cc1ccc(Cl)c(F)c1)Cc1nc(C)cs1. The molecule has 0 aliphatic carbocycles. The average molecular weight is 327 g/mol. The van der Waals surface area contributed by atoms with Gasteiger partial charge in [-0.2, -0.15) is 0 Å². The first-order valence-corrected chi connectivity index (χ1v) is 8.42. The summed E-state index contributed by atoms with van der Waals surface area (Å²) in [6.07, 6.45) is 2.71. The van der Waals surface area contributed by atoms with Crippen LogP contribution in [-0.2, 0) is 12.8 Å². The van der Waals surface area contributed by atoms with Crippen molar-refractivity contribution in [3.05, 3.63) is 50.7 Å². The summed E-state index contributed by atoms with van der Waals surface area (Å²) in [6.45, 7) is 5.09. The number of aryl methyl sites for hydroxylation is 1. The molecule has 0 saturated heterocycles. The second-order valence-corrected chi connectivity index (χ2v) is 6.54. The summed E-state index contributed by atoms with van der Waals surface area (Å²) in [7, 11) is 0. The summed E-state index contributed by atoms with van der Waals surface area (Å²) in [6, 6.07) is 5.29. The van der Waals surface area contributed by atoms with E-state index >= 15 is 0 Å². The fourth-order valence-electron chi connectivity index (χ4n) is 2.22. The summed E-state index contributed by atoms with van der Waals surface area (Å²) in [5.74, 6) is -0.353. The second-order valence-electron chi connectivity index (χ2n) is 5.19. The Balaban J connectivity index is 2.06. The molecule has 0 aliphatic rings. The molecule has 0 fully saturated rings. The van der Waals surface area contributed by atoms with Gasteiger partial charge in [-0.25, -0.2) is 9.37 Å². The number of thiazole rings is 1. The monoisotopic (exact) mass is 326 g/mol. The van der Waals surface area contributed by atoms with Crippen molar-refractivity contribution >= 4 is 22.9 Å². The Morgan fingerprint density at radius 1 is 1.38 bits per heavy atom. The van der Waals surface area contributed by atoms with Crippen LogP contribution in [0, 0.1) is 12.7 Å². The zero-order valence-corrected chi connectivity index (χ0v) is 13.9. The number of hydrogen-bond donors (Lipinski definition) is 1. The Morgan fingerprint density at radius 2 is 2.19 bits per heavy atom. The van der Waals surface area contributed by atoms with E-state index in [-0.39, 0.29) is 16.9 Å². The third-order valence-electron chi connectivity index (χ3n) is 3.24. The quantitative estimate of drug-likeness (QED) is 0.816. The lowest BCUT2D eigenvalue weighted by Gasteiger charge is -2.17. The Labute approximate surface area is 134 Å².